The molecule has 0 unspecified atom stereocenters. The van der Waals surface area contributed by atoms with Crippen LogP contribution in [0.5, 0.6) is 5.75 Å². The summed E-state index contributed by atoms with van der Waals surface area (Å²) in [5.41, 5.74) is 7.19. The molecule has 0 saturated carbocycles. The van der Waals surface area contributed by atoms with Gasteiger partial charge in [-0.2, -0.15) is 4.94 Å². The SMILES string of the molecule is Cc1cc(N(O[N+](=O)[O-])C(=N)N)cc(C)c1OCCN1CCOCC1. The Kier molecular flexibility index (Phi) is 6.37. The van der Waals surface area contributed by atoms with Crippen LogP contribution in [-0.4, -0.2) is 55.4 Å². The molecule has 1 aromatic rings. The van der Waals surface area contributed by atoms with Crippen LogP contribution in [0.1, 0.15) is 11.1 Å². The number of nitrogens with zero attached hydrogens (tertiary/aromatic N) is 3. The molecule has 3 N–H and O–H groups in total. The lowest BCUT2D eigenvalue weighted by molar-refractivity contribution is -0.758. The fraction of sp³-hybridized carbons (Fsp3) is 0.533. The first-order valence-corrected chi connectivity index (χ1v) is 7.89. The third-order valence-corrected chi connectivity index (χ3v) is 3.80. The van der Waals surface area contributed by atoms with E-state index in [-0.39, 0.29) is 0 Å². The maximum Gasteiger partial charge on any atom is 0.317 e. The van der Waals surface area contributed by atoms with Crippen LogP contribution in [0.4, 0.5) is 5.69 Å². The molecular formula is C15H23N5O5. The number of hydroxylamine groups is 1. The maximum atomic E-state index is 10.6. The molecular weight excluding hydrogens is 330 g/mol. The van der Waals surface area contributed by atoms with Crippen LogP contribution in [-0.2, 0) is 9.68 Å². The van der Waals surface area contributed by atoms with E-state index in [4.69, 9.17) is 20.6 Å². The summed E-state index contributed by atoms with van der Waals surface area (Å²) in [4.78, 5) is 17.2. The lowest BCUT2D eigenvalue weighted by atomic mass is 10.1. The molecule has 1 fully saturated rings. The zero-order valence-electron chi connectivity index (χ0n) is 14.4. The average molecular weight is 353 g/mol. The van der Waals surface area contributed by atoms with Gasteiger partial charge in [0.05, 0.1) is 18.9 Å². The van der Waals surface area contributed by atoms with E-state index in [1.54, 1.807) is 12.1 Å². The number of hydrogen-bond acceptors (Lipinski definition) is 7. The minimum absolute atomic E-state index is 0.291. The number of nitrogens with two attached hydrogens (primary N) is 1. The van der Waals surface area contributed by atoms with Gasteiger partial charge in [0.1, 0.15) is 12.4 Å². The van der Waals surface area contributed by atoms with Crippen LogP contribution in [0, 0.1) is 29.4 Å². The lowest BCUT2D eigenvalue weighted by Crippen LogP contribution is -2.39. The van der Waals surface area contributed by atoms with Crippen LogP contribution >= 0.6 is 0 Å². The third kappa shape index (κ3) is 5.19. The second-order valence-corrected chi connectivity index (χ2v) is 5.70. The van der Waals surface area contributed by atoms with Crippen molar-refractivity contribution in [3.63, 3.8) is 0 Å². The van der Waals surface area contributed by atoms with Crippen molar-refractivity contribution in [2.45, 2.75) is 13.8 Å². The molecule has 25 heavy (non-hydrogen) atoms. The second-order valence-electron chi connectivity index (χ2n) is 5.70. The Hall–Kier alpha value is -2.59. The van der Waals surface area contributed by atoms with Crippen molar-refractivity contribution >= 4 is 11.6 Å². The van der Waals surface area contributed by atoms with Gasteiger partial charge in [-0.05, 0) is 37.1 Å². The molecule has 0 amide bonds. The van der Waals surface area contributed by atoms with Gasteiger partial charge in [0.25, 0.3) is 0 Å². The smallest absolute Gasteiger partial charge is 0.317 e. The Morgan fingerprint density at radius 2 is 2.00 bits per heavy atom. The molecule has 0 spiro atoms. The lowest BCUT2D eigenvalue weighted by Gasteiger charge is -2.27. The maximum absolute atomic E-state index is 10.6. The van der Waals surface area contributed by atoms with Crippen molar-refractivity contribution in [2.24, 2.45) is 5.73 Å². The first-order valence-electron chi connectivity index (χ1n) is 7.89. The number of rotatable bonds is 7. The molecule has 1 heterocycles. The quantitative estimate of drug-likeness (QED) is 0.319. The molecule has 0 bridgehead atoms. The van der Waals surface area contributed by atoms with Crippen molar-refractivity contribution in [2.75, 3.05) is 44.5 Å². The summed E-state index contributed by atoms with van der Waals surface area (Å²) in [5.74, 6) is 0.123. The Bertz CT molecular complexity index is 610. The summed E-state index contributed by atoms with van der Waals surface area (Å²) in [7, 11) is 0. The molecule has 10 nitrogen and oxygen atoms in total. The van der Waals surface area contributed by atoms with E-state index in [0.717, 1.165) is 44.0 Å². The third-order valence-electron chi connectivity index (χ3n) is 3.80. The second kappa shape index (κ2) is 8.49. The fourth-order valence-electron chi connectivity index (χ4n) is 2.67. The number of nitrogens with one attached hydrogen (secondary N) is 1. The van der Waals surface area contributed by atoms with Gasteiger partial charge >= 0.3 is 5.09 Å². The molecule has 1 aliphatic rings. The van der Waals surface area contributed by atoms with Gasteiger partial charge in [0, 0.05) is 19.6 Å². The van der Waals surface area contributed by atoms with Crippen LogP contribution in [0.25, 0.3) is 0 Å². The average Bonchev–Trinajstić information content (AvgIpc) is 2.55. The molecule has 0 aliphatic carbocycles. The highest BCUT2D eigenvalue weighted by atomic mass is 17.0. The number of anilines is 1. The van der Waals surface area contributed by atoms with Crippen molar-refractivity contribution in [3.8, 4) is 5.75 Å². The highest BCUT2D eigenvalue weighted by molar-refractivity contribution is 5.90. The standard InChI is InChI=1S/C15H23N5O5/c1-11-9-13(19(15(16)17)25-20(21)22)10-12(2)14(11)24-8-5-18-3-6-23-7-4-18/h9-10H,3-8H2,1-2H3,(H3,16,17). The van der Waals surface area contributed by atoms with Gasteiger partial charge in [-0.1, -0.05) is 0 Å². The van der Waals surface area contributed by atoms with Crippen molar-refractivity contribution in [3.05, 3.63) is 33.4 Å². The molecule has 1 aromatic carbocycles. The van der Waals surface area contributed by atoms with Gasteiger partial charge in [-0.25, -0.2) is 0 Å². The number of aryl methyl sites for hydroxylation is 2. The monoisotopic (exact) mass is 353 g/mol. The zero-order valence-corrected chi connectivity index (χ0v) is 14.4. The Morgan fingerprint density at radius 3 is 2.52 bits per heavy atom. The number of morpholine rings is 1. The van der Waals surface area contributed by atoms with Crippen LogP contribution in [0.3, 0.4) is 0 Å². The van der Waals surface area contributed by atoms with E-state index in [2.05, 4.69) is 9.84 Å². The summed E-state index contributed by atoms with van der Waals surface area (Å²) >= 11 is 0. The molecule has 138 valence electrons. The van der Waals surface area contributed by atoms with Crippen LogP contribution in [0.15, 0.2) is 12.1 Å². The summed E-state index contributed by atoms with van der Waals surface area (Å²) in [6, 6.07) is 3.25. The Balaban J connectivity index is 2.05. The van der Waals surface area contributed by atoms with Gasteiger partial charge in [0.2, 0.25) is 5.96 Å². The number of ether oxygens (including phenoxy) is 2. The van der Waals surface area contributed by atoms with Crippen LogP contribution in [0.2, 0.25) is 0 Å². The minimum Gasteiger partial charge on any atom is -0.492 e. The fourth-order valence-corrected chi connectivity index (χ4v) is 2.67. The molecule has 1 saturated heterocycles. The van der Waals surface area contributed by atoms with Crippen molar-refractivity contribution in [1.82, 2.24) is 4.90 Å². The van der Waals surface area contributed by atoms with E-state index < -0.39 is 11.0 Å². The molecule has 0 atom stereocenters. The first-order chi connectivity index (χ1) is 11.9. The Labute approximate surface area is 145 Å². The first kappa shape index (κ1) is 18.7. The molecule has 0 aromatic heterocycles. The Morgan fingerprint density at radius 1 is 1.40 bits per heavy atom. The predicted octanol–water partition coefficient (Wildman–Crippen LogP) is 0.838. The van der Waals surface area contributed by atoms with Gasteiger partial charge in [0.15, 0.2) is 0 Å². The number of benzene rings is 1. The van der Waals surface area contributed by atoms with Crippen molar-refractivity contribution < 1.29 is 19.5 Å². The van der Waals surface area contributed by atoms with E-state index in [1.165, 1.54) is 0 Å². The topological polar surface area (TPSA) is 127 Å². The molecule has 1 aliphatic heterocycles. The molecule has 2 rings (SSSR count). The van der Waals surface area contributed by atoms with Gasteiger partial charge in [-0.3, -0.25) is 10.3 Å². The largest absolute Gasteiger partial charge is 0.492 e. The van der Waals surface area contributed by atoms with E-state index in [0.29, 0.717) is 23.1 Å². The minimum atomic E-state index is -1.02. The predicted molar refractivity (Wildman–Crippen MR) is 91.1 cm³/mol. The van der Waals surface area contributed by atoms with E-state index in [1.807, 2.05) is 13.8 Å². The highest BCUT2D eigenvalue weighted by Gasteiger charge is 2.18. The normalized spacial score (nSPS) is 14.8. The van der Waals surface area contributed by atoms with Gasteiger partial charge < -0.3 is 15.2 Å². The summed E-state index contributed by atoms with van der Waals surface area (Å²) < 4.78 is 11.2. The molecule has 0 radical (unpaired) electrons. The molecule has 10 heteroatoms. The van der Waals surface area contributed by atoms with E-state index >= 15 is 0 Å². The summed E-state index contributed by atoms with van der Waals surface area (Å²) in [6.45, 7) is 8.25. The number of hydrogen-bond donors (Lipinski definition) is 2. The highest BCUT2D eigenvalue weighted by Crippen LogP contribution is 2.29. The summed E-state index contributed by atoms with van der Waals surface area (Å²) in [5, 5.41) is 17.6. The van der Waals surface area contributed by atoms with Gasteiger partial charge in [-0.15, -0.1) is 15.2 Å². The van der Waals surface area contributed by atoms with Crippen molar-refractivity contribution in [1.29, 1.82) is 5.41 Å². The summed E-state index contributed by atoms with van der Waals surface area (Å²) in [6.07, 6.45) is 0. The van der Waals surface area contributed by atoms with E-state index in [9.17, 15) is 10.1 Å². The zero-order chi connectivity index (χ0) is 18.4. The number of guanidine groups is 1. The van der Waals surface area contributed by atoms with Crippen LogP contribution < -0.4 is 15.5 Å².